The predicted molar refractivity (Wildman–Crippen MR) is 95.5 cm³/mol. The summed E-state index contributed by atoms with van der Waals surface area (Å²) in [6.45, 7) is 8.49. The number of nitrogens with zero attached hydrogens (tertiary/aromatic N) is 1. The zero-order chi connectivity index (χ0) is 17.6. The van der Waals surface area contributed by atoms with Crippen LogP contribution in [0, 0.1) is 5.41 Å². The molecule has 1 heterocycles. The number of hydrogen-bond acceptors (Lipinski definition) is 3. The molecular weight excluding hydrogens is 302 g/mol. The Balaban J connectivity index is 1.94. The van der Waals surface area contributed by atoms with Gasteiger partial charge in [-0.15, -0.1) is 0 Å². The van der Waals surface area contributed by atoms with Gasteiger partial charge in [-0.05, 0) is 31.5 Å². The van der Waals surface area contributed by atoms with Crippen molar-refractivity contribution >= 4 is 11.8 Å². The van der Waals surface area contributed by atoms with Crippen molar-refractivity contribution in [2.24, 2.45) is 5.41 Å². The molecule has 2 rings (SSSR count). The number of likely N-dealkylation sites (tertiary alicyclic amines) is 1. The third kappa shape index (κ3) is 5.64. The van der Waals surface area contributed by atoms with Crippen molar-refractivity contribution in [1.82, 2.24) is 15.5 Å². The molecule has 0 radical (unpaired) electrons. The lowest BCUT2D eigenvalue weighted by molar-refractivity contribution is -0.131. The van der Waals surface area contributed by atoms with Crippen LogP contribution in [0.15, 0.2) is 30.3 Å². The average Bonchev–Trinajstić information content (AvgIpc) is 3.05. The molecule has 0 aromatic heterocycles. The quantitative estimate of drug-likeness (QED) is 0.839. The number of carbonyl (C=O) groups is 2. The van der Waals surface area contributed by atoms with Gasteiger partial charge >= 0.3 is 0 Å². The molecule has 1 aromatic carbocycles. The molecule has 1 atom stereocenters. The van der Waals surface area contributed by atoms with E-state index in [0.717, 1.165) is 25.2 Å². The van der Waals surface area contributed by atoms with E-state index in [1.807, 2.05) is 51.1 Å². The van der Waals surface area contributed by atoms with Gasteiger partial charge in [0.1, 0.15) is 0 Å². The van der Waals surface area contributed by atoms with E-state index in [4.69, 9.17) is 0 Å². The molecule has 24 heavy (non-hydrogen) atoms. The summed E-state index contributed by atoms with van der Waals surface area (Å²) in [6.07, 6.45) is 2.44. The van der Waals surface area contributed by atoms with Crippen LogP contribution < -0.4 is 10.6 Å². The first-order valence-electron chi connectivity index (χ1n) is 8.71. The molecule has 2 amide bonds. The lowest BCUT2D eigenvalue weighted by Crippen LogP contribution is -2.44. The molecule has 0 bridgehead atoms. The van der Waals surface area contributed by atoms with Crippen molar-refractivity contribution in [3.63, 3.8) is 0 Å². The van der Waals surface area contributed by atoms with Gasteiger partial charge in [0, 0.05) is 12.0 Å². The highest BCUT2D eigenvalue weighted by Gasteiger charge is 2.23. The minimum absolute atomic E-state index is 0.0133. The Bertz CT molecular complexity index is 545. The summed E-state index contributed by atoms with van der Waals surface area (Å²) in [7, 11) is 0. The first-order valence-corrected chi connectivity index (χ1v) is 8.71. The summed E-state index contributed by atoms with van der Waals surface area (Å²) < 4.78 is 0. The SMILES string of the molecule is CC(C)(C)C(=O)NCC(=O)NC(CN1CCCC1)c1ccccc1. The van der Waals surface area contributed by atoms with E-state index in [0.29, 0.717) is 0 Å². The van der Waals surface area contributed by atoms with Gasteiger partial charge in [-0.2, -0.15) is 0 Å². The van der Waals surface area contributed by atoms with Gasteiger partial charge < -0.3 is 15.5 Å². The molecule has 1 aromatic rings. The predicted octanol–water partition coefficient (Wildman–Crippen LogP) is 2.10. The molecule has 5 nitrogen and oxygen atoms in total. The molecule has 1 unspecified atom stereocenters. The van der Waals surface area contributed by atoms with E-state index in [9.17, 15) is 9.59 Å². The maximum Gasteiger partial charge on any atom is 0.239 e. The monoisotopic (exact) mass is 331 g/mol. The number of carbonyl (C=O) groups excluding carboxylic acids is 2. The standard InChI is InChI=1S/C19H29N3O2/c1-19(2,3)18(24)20-13-17(23)21-16(14-22-11-7-8-12-22)15-9-5-4-6-10-15/h4-6,9-10,16H,7-8,11-14H2,1-3H3,(H,20,24)(H,21,23). The highest BCUT2D eigenvalue weighted by Crippen LogP contribution is 2.17. The molecule has 1 saturated heterocycles. The fourth-order valence-electron chi connectivity index (χ4n) is 2.81. The molecule has 2 N–H and O–H groups in total. The molecular formula is C19H29N3O2. The first kappa shape index (κ1) is 18.5. The van der Waals surface area contributed by atoms with Crippen LogP contribution in [0.5, 0.6) is 0 Å². The van der Waals surface area contributed by atoms with Crippen LogP contribution in [0.4, 0.5) is 0 Å². The van der Waals surface area contributed by atoms with Gasteiger partial charge in [0.2, 0.25) is 11.8 Å². The third-order valence-electron chi connectivity index (χ3n) is 4.27. The fraction of sp³-hybridized carbons (Fsp3) is 0.579. The van der Waals surface area contributed by atoms with Crippen molar-refractivity contribution in [2.75, 3.05) is 26.2 Å². The van der Waals surface area contributed by atoms with E-state index < -0.39 is 5.41 Å². The second-order valence-corrected chi connectivity index (χ2v) is 7.47. The lowest BCUT2D eigenvalue weighted by Gasteiger charge is -2.25. The molecule has 1 aliphatic heterocycles. The van der Waals surface area contributed by atoms with E-state index in [-0.39, 0.29) is 24.4 Å². The average molecular weight is 331 g/mol. The third-order valence-corrected chi connectivity index (χ3v) is 4.27. The van der Waals surface area contributed by atoms with Crippen LogP contribution in [0.2, 0.25) is 0 Å². The maximum atomic E-state index is 12.3. The Labute approximate surface area is 144 Å². The smallest absolute Gasteiger partial charge is 0.239 e. The Morgan fingerprint density at radius 1 is 1.12 bits per heavy atom. The van der Waals surface area contributed by atoms with E-state index in [2.05, 4.69) is 15.5 Å². The van der Waals surface area contributed by atoms with E-state index in [1.54, 1.807) is 0 Å². The number of amides is 2. The summed E-state index contributed by atoms with van der Waals surface area (Å²) in [5.74, 6) is -0.269. The van der Waals surface area contributed by atoms with Crippen LogP contribution in [0.1, 0.15) is 45.2 Å². The number of rotatable bonds is 6. The Kier molecular flexibility index (Phi) is 6.37. The molecule has 0 saturated carbocycles. The normalized spacial score (nSPS) is 16.6. The second kappa shape index (κ2) is 8.29. The largest absolute Gasteiger partial charge is 0.347 e. The first-order chi connectivity index (χ1) is 11.4. The highest BCUT2D eigenvalue weighted by atomic mass is 16.2. The van der Waals surface area contributed by atoms with Gasteiger partial charge in [0.25, 0.3) is 0 Å². The Morgan fingerprint density at radius 3 is 2.33 bits per heavy atom. The van der Waals surface area contributed by atoms with Gasteiger partial charge in [0.15, 0.2) is 0 Å². The number of hydrogen-bond donors (Lipinski definition) is 2. The van der Waals surface area contributed by atoms with E-state index >= 15 is 0 Å². The summed E-state index contributed by atoms with van der Waals surface area (Å²) in [5.41, 5.74) is 0.606. The van der Waals surface area contributed by atoms with Crippen molar-refractivity contribution in [1.29, 1.82) is 0 Å². The van der Waals surface area contributed by atoms with Gasteiger partial charge in [-0.3, -0.25) is 9.59 Å². The van der Waals surface area contributed by atoms with Crippen molar-refractivity contribution in [3.8, 4) is 0 Å². The molecule has 0 aliphatic carbocycles. The maximum absolute atomic E-state index is 12.3. The van der Waals surface area contributed by atoms with Gasteiger partial charge in [-0.25, -0.2) is 0 Å². The minimum Gasteiger partial charge on any atom is -0.347 e. The second-order valence-electron chi connectivity index (χ2n) is 7.47. The van der Waals surface area contributed by atoms with Gasteiger partial charge in [0.05, 0.1) is 12.6 Å². The Morgan fingerprint density at radius 2 is 1.75 bits per heavy atom. The van der Waals surface area contributed by atoms with Crippen LogP contribution >= 0.6 is 0 Å². The van der Waals surface area contributed by atoms with Crippen LogP contribution in [-0.2, 0) is 9.59 Å². The summed E-state index contributed by atoms with van der Waals surface area (Å²) in [5, 5.41) is 5.78. The lowest BCUT2D eigenvalue weighted by atomic mass is 9.96. The number of nitrogens with one attached hydrogen (secondary N) is 2. The molecule has 5 heteroatoms. The van der Waals surface area contributed by atoms with Crippen LogP contribution in [0.3, 0.4) is 0 Å². The molecule has 1 aliphatic rings. The van der Waals surface area contributed by atoms with Crippen LogP contribution in [0.25, 0.3) is 0 Å². The van der Waals surface area contributed by atoms with E-state index in [1.165, 1.54) is 12.8 Å². The fourth-order valence-corrected chi connectivity index (χ4v) is 2.81. The van der Waals surface area contributed by atoms with Crippen LogP contribution in [-0.4, -0.2) is 42.9 Å². The van der Waals surface area contributed by atoms with Gasteiger partial charge in [-0.1, -0.05) is 51.1 Å². The molecule has 0 spiro atoms. The molecule has 1 fully saturated rings. The number of benzene rings is 1. The summed E-state index contributed by atoms with van der Waals surface area (Å²) in [6, 6.07) is 9.97. The summed E-state index contributed by atoms with van der Waals surface area (Å²) >= 11 is 0. The zero-order valence-electron chi connectivity index (χ0n) is 15.0. The van der Waals surface area contributed by atoms with Crippen molar-refractivity contribution < 1.29 is 9.59 Å². The highest BCUT2D eigenvalue weighted by molar-refractivity contribution is 5.87. The van der Waals surface area contributed by atoms with Crippen molar-refractivity contribution in [2.45, 2.75) is 39.7 Å². The summed E-state index contributed by atoms with van der Waals surface area (Å²) in [4.78, 5) is 26.6. The minimum atomic E-state index is -0.491. The van der Waals surface area contributed by atoms with Crippen molar-refractivity contribution in [3.05, 3.63) is 35.9 Å². The molecule has 132 valence electrons. The topological polar surface area (TPSA) is 61.4 Å². The Hall–Kier alpha value is -1.88. The zero-order valence-corrected chi connectivity index (χ0v) is 15.0.